The van der Waals surface area contributed by atoms with Gasteiger partial charge >= 0.3 is 0 Å². The second kappa shape index (κ2) is 6.42. The van der Waals surface area contributed by atoms with Gasteiger partial charge in [0, 0.05) is 18.5 Å². The third-order valence-electron chi connectivity index (χ3n) is 4.62. The maximum absolute atomic E-state index is 5.93. The van der Waals surface area contributed by atoms with Gasteiger partial charge in [0.05, 0.1) is 6.61 Å². The average molecular weight is 259 g/mol. The molecule has 1 heterocycles. The monoisotopic (exact) mass is 259 g/mol. The van der Waals surface area contributed by atoms with Crippen LogP contribution in [0.25, 0.3) is 0 Å². The molecule has 3 rings (SSSR count). The molecule has 1 aromatic carbocycles. The molecule has 1 saturated heterocycles. The molecule has 1 aliphatic carbocycles. The minimum Gasteiger partial charge on any atom is -0.493 e. The predicted octanol–water partition coefficient (Wildman–Crippen LogP) is 3.72. The predicted molar refractivity (Wildman–Crippen MR) is 78.5 cm³/mol. The second-order valence-corrected chi connectivity index (χ2v) is 6.07. The van der Waals surface area contributed by atoms with Crippen LogP contribution < -0.4 is 4.74 Å². The van der Waals surface area contributed by atoms with Crippen LogP contribution in [0.3, 0.4) is 0 Å². The van der Waals surface area contributed by atoms with E-state index >= 15 is 0 Å². The summed E-state index contributed by atoms with van der Waals surface area (Å²) >= 11 is 0. The van der Waals surface area contributed by atoms with Crippen LogP contribution in [0.5, 0.6) is 5.75 Å². The fraction of sp³-hybridized carbons (Fsp3) is 0.647. The van der Waals surface area contributed by atoms with Gasteiger partial charge in [-0.3, -0.25) is 4.90 Å². The van der Waals surface area contributed by atoms with Crippen molar-refractivity contribution < 1.29 is 4.74 Å². The summed E-state index contributed by atoms with van der Waals surface area (Å²) in [4.78, 5) is 2.73. The highest BCUT2D eigenvalue weighted by molar-refractivity contribution is 5.20. The Kier molecular flexibility index (Phi) is 4.39. The van der Waals surface area contributed by atoms with E-state index in [1.54, 1.807) is 0 Å². The first-order chi connectivity index (χ1) is 9.42. The first kappa shape index (κ1) is 13.0. The van der Waals surface area contributed by atoms with Gasteiger partial charge in [-0.05, 0) is 44.4 Å². The molecule has 1 atom stereocenters. The minimum absolute atomic E-state index is 0.717. The summed E-state index contributed by atoms with van der Waals surface area (Å²) in [5.41, 5.74) is 0. The lowest BCUT2D eigenvalue weighted by Crippen LogP contribution is -2.42. The molecule has 0 N–H and O–H groups in total. The van der Waals surface area contributed by atoms with E-state index in [9.17, 15) is 0 Å². The summed E-state index contributed by atoms with van der Waals surface area (Å²) in [6, 6.07) is 11.1. The normalized spacial score (nSPS) is 25.6. The Labute approximate surface area is 116 Å². The molecule has 0 amide bonds. The zero-order valence-electron chi connectivity index (χ0n) is 11.8. The summed E-state index contributed by atoms with van der Waals surface area (Å²) in [6.07, 6.45) is 8.40. The maximum Gasteiger partial charge on any atom is 0.119 e. The summed E-state index contributed by atoms with van der Waals surface area (Å²) in [6.45, 7) is 3.44. The van der Waals surface area contributed by atoms with E-state index in [0.717, 1.165) is 24.3 Å². The SMILES string of the molecule is c1ccc(OC[C@H]2CCCN(C3CCCC3)C2)cc1. The van der Waals surface area contributed by atoms with E-state index in [1.165, 1.54) is 51.6 Å². The molecule has 2 fully saturated rings. The van der Waals surface area contributed by atoms with Gasteiger partial charge < -0.3 is 4.74 Å². The third kappa shape index (κ3) is 3.50. The van der Waals surface area contributed by atoms with E-state index in [1.807, 2.05) is 18.2 Å². The van der Waals surface area contributed by atoms with Crippen molar-refractivity contribution in [3.8, 4) is 5.75 Å². The molecule has 0 spiro atoms. The van der Waals surface area contributed by atoms with Crippen molar-refractivity contribution in [2.24, 2.45) is 5.92 Å². The first-order valence-corrected chi connectivity index (χ1v) is 7.84. The van der Waals surface area contributed by atoms with Crippen LogP contribution in [-0.4, -0.2) is 30.6 Å². The number of piperidine rings is 1. The van der Waals surface area contributed by atoms with Crippen molar-refractivity contribution in [3.63, 3.8) is 0 Å². The lowest BCUT2D eigenvalue weighted by atomic mass is 9.97. The number of rotatable bonds is 4. The minimum atomic E-state index is 0.717. The molecule has 0 unspecified atom stereocenters. The first-order valence-electron chi connectivity index (χ1n) is 7.84. The topological polar surface area (TPSA) is 12.5 Å². The van der Waals surface area contributed by atoms with Crippen molar-refractivity contribution in [2.75, 3.05) is 19.7 Å². The lowest BCUT2D eigenvalue weighted by Gasteiger charge is -2.36. The molecule has 2 nitrogen and oxygen atoms in total. The number of hydrogen-bond acceptors (Lipinski definition) is 2. The number of hydrogen-bond donors (Lipinski definition) is 0. The zero-order valence-corrected chi connectivity index (χ0v) is 11.8. The van der Waals surface area contributed by atoms with Crippen LogP contribution in [-0.2, 0) is 0 Å². The number of likely N-dealkylation sites (tertiary alicyclic amines) is 1. The molecule has 0 bridgehead atoms. The smallest absolute Gasteiger partial charge is 0.119 e. The van der Waals surface area contributed by atoms with Crippen LogP contribution >= 0.6 is 0 Å². The van der Waals surface area contributed by atoms with Crippen molar-refractivity contribution in [1.82, 2.24) is 4.90 Å². The van der Waals surface area contributed by atoms with E-state index in [0.29, 0.717) is 0 Å². The summed E-state index contributed by atoms with van der Waals surface area (Å²) in [7, 11) is 0. The second-order valence-electron chi connectivity index (χ2n) is 6.07. The molecule has 104 valence electrons. The lowest BCUT2D eigenvalue weighted by molar-refractivity contribution is 0.0964. The highest BCUT2D eigenvalue weighted by atomic mass is 16.5. The van der Waals surface area contributed by atoms with Gasteiger partial charge in [-0.1, -0.05) is 31.0 Å². The summed E-state index contributed by atoms with van der Waals surface area (Å²) < 4.78 is 5.93. The molecule has 0 radical (unpaired) electrons. The Bertz CT molecular complexity index is 372. The number of benzene rings is 1. The summed E-state index contributed by atoms with van der Waals surface area (Å²) in [5, 5.41) is 0. The zero-order chi connectivity index (χ0) is 12.9. The molecule has 1 saturated carbocycles. The summed E-state index contributed by atoms with van der Waals surface area (Å²) in [5.74, 6) is 1.73. The van der Waals surface area contributed by atoms with E-state index in [-0.39, 0.29) is 0 Å². The van der Waals surface area contributed by atoms with Gasteiger partial charge in [0.1, 0.15) is 5.75 Å². The molecule has 1 aromatic rings. The fourth-order valence-corrected chi connectivity index (χ4v) is 3.57. The van der Waals surface area contributed by atoms with Crippen molar-refractivity contribution >= 4 is 0 Å². The van der Waals surface area contributed by atoms with Gasteiger partial charge in [-0.2, -0.15) is 0 Å². The Hall–Kier alpha value is -1.02. The highest BCUT2D eigenvalue weighted by Gasteiger charge is 2.27. The fourth-order valence-electron chi connectivity index (χ4n) is 3.57. The van der Waals surface area contributed by atoms with Crippen LogP contribution in [0.2, 0.25) is 0 Å². The van der Waals surface area contributed by atoms with Crippen molar-refractivity contribution in [2.45, 2.75) is 44.6 Å². The van der Waals surface area contributed by atoms with E-state index in [4.69, 9.17) is 4.74 Å². The number of ether oxygens (including phenoxy) is 1. The van der Waals surface area contributed by atoms with E-state index < -0.39 is 0 Å². The van der Waals surface area contributed by atoms with Gasteiger partial charge in [0.25, 0.3) is 0 Å². The molecule has 0 aromatic heterocycles. The van der Waals surface area contributed by atoms with Crippen molar-refractivity contribution in [1.29, 1.82) is 0 Å². The Morgan fingerprint density at radius 1 is 1.00 bits per heavy atom. The number of para-hydroxylation sites is 1. The molecule has 2 aliphatic rings. The van der Waals surface area contributed by atoms with Crippen LogP contribution in [0.1, 0.15) is 38.5 Å². The van der Waals surface area contributed by atoms with Gasteiger partial charge in [-0.15, -0.1) is 0 Å². The largest absolute Gasteiger partial charge is 0.493 e. The van der Waals surface area contributed by atoms with Crippen LogP contribution in [0.15, 0.2) is 30.3 Å². The molecule has 2 heteroatoms. The highest BCUT2D eigenvalue weighted by Crippen LogP contribution is 2.28. The molecular weight excluding hydrogens is 234 g/mol. The van der Waals surface area contributed by atoms with Gasteiger partial charge in [-0.25, -0.2) is 0 Å². The standard InChI is InChI=1S/C17H25NO/c1-2-10-17(11-3-1)19-14-15-7-6-12-18(13-15)16-8-4-5-9-16/h1-3,10-11,15-16H,4-9,12-14H2/t15-/m0/s1. The van der Waals surface area contributed by atoms with Gasteiger partial charge in [0.2, 0.25) is 0 Å². The van der Waals surface area contributed by atoms with Crippen LogP contribution in [0.4, 0.5) is 0 Å². The molecule has 19 heavy (non-hydrogen) atoms. The quantitative estimate of drug-likeness (QED) is 0.817. The maximum atomic E-state index is 5.93. The van der Waals surface area contributed by atoms with Gasteiger partial charge in [0.15, 0.2) is 0 Å². The Balaban J connectivity index is 1.48. The third-order valence-corrected chi connectivity index (χ3v) is 4.62. The van der Waals surface area contributed by atoms with Crippen molar-refractivity contribution in [3.05, 3.63) is 30.3 Å². The number of nitrogens with zero attached hydrogens (tertiary/aromatic N) is 1. The average Bonchev–Trinajstić information content (AvgIpc) is 3.01. The molecule has 1 aliphatic heterocycles. The Morgan fingerprint density at radius 2 is 1.79 bits per heavy atom. The van der Waals surface area contributed by atoms with Crippen LogP contribution in [0, 0.1) is 5.92 Å². The Morgan fingerprint density at radius 3 is 2.58 bits per heavy atom. The van der Waals surface area contributed by atoms with E-state index in [2.05, 4.69) is 17.0 Å². The molecular formula is C17H25NO.